The molecule has 0 aromatic rings. The van der Waals surface area contributed by atoms with Crippen LogP contribution in [0.2, 0.25) is 6.32 Å². The maximum Gasteiger partial charge on any atom is 1.00 e. The molecule has 0 spiro atoms. The van der Waals surface area contributed by atoms with Crippen LogP contribution in [0.4, 0.5) is 12.9 Å². The van der Waals surface area contributed by atoms with E-state index in [0.717, 1.165) is 0 Å². The van der Waals surface area contributed by atoms with Crippen LogP contribution < -0.4 is 57.1 Å². The third-order valence-electron chi connectivity index (χ3n) is 1.87. The quantitative estimate of drug-likeness (QED) is 0.532. The topological polar surface area (TPSA) is 26.0 Å². The van der Waals surface area contributed by atoms with E-state index in [-0.39, 0.29) is 63.3 Å². The van der Waals surface area contributed by atoms with Gasteiger partial charge >= 0.3 is 58.4 Å². The van der Waals surface area contributed by atoms with Crippen molar-refractivity contribution in [3.63, 3.8) is 0 Å². The predicted octanol–water partition coefficient (Wildman–Crippen LogP) is -1.42. The Morgan fingerprint density at radius 2 is 1.73 bits per heavy atom. The molecule has 0 aromatic carbocycles. The zero-order chi connectivity index (χ0) is 7.78. The van der Waals surface area contributed by atoms with Crippen LogP contribution in [0.5, 0.6) is 0 Å². The molecule has 1 saturated carbocycles. The van der Waals surface area contributed by atoms with Crippen LogP contribution in [-0.4, -0.2) is 13.0 Å². The molecule has 11 heavy (non-hydrogen) atoms. The van der Waals surface area contributed by atoms with Gasteiger partial charge in [0.25, 0.3) is 0 Å². The SMILES string of the molecule is NC1CC(C[B-](F)(F)F)C1.[K+]. The molecule has 1 aliphatic rings. The Hall–Kier alpha value is 1.45. The van der Waals surface area contributed by atoms with Gasteiger partial charge in [-0.15, -0.1) is 0 Å². The van der Waals surface area contributed by atoms with Crippen LogP contribution >= 0.6 is 0 Å². The molecule has 0 bridgehead atoms. The Labute approximate surface area is 107 Å². The van der Waals surface area contributed by atoms with Crippen molar-refractivity contribution in [2.24, 2.45) is 11.7 Å². The molecule has 0 saturated heterocycles. The van der Waals surface area contributed by atoms with E-state index in [0.29, 0.717) is 12.8 Å². The standard InChI is InChI=1S/C5H10BF3N.K/c7-6(8,9)3-4-1-5(10)2-4;/h4-5H,1-3,10H2;/q-1;+1. The number of nitrogens with two attached hydrogens (primary N) is 1. The average Bonchev–Trinajstić information content (AvgIpc) is 1.57. The molecule has 1 nitrogen and oxygen atoms in total. The smallest absolute Gasteiger partial charge is 0.449 e. The molecular weight excluding hydrogens is 181 g/mol. The normalized spacial score (nSPS) is 30.5. The molecule has 0 atom stereocenters. The summed E-state index contributed by atoms with van der Waals surface area (Å²) in [7, 11) is 0. The molecule has 0 heterocycles. The van der Waals surface area contributed by atoms with E-state index in [4.69, 9.17) is 5.73 Å². The monoisotopic (exact) mass is 191 g/mol. The molecule has 2 N–H and O–H groups in total. The van der Waals surface area contributed by atoms with Gasteiger partial charge < -0.3 is 18.7 Å². The summed E-state index contributed by atoms with van der Waals surface area (Å²) in [5, 5.41) is 0. The summed E-state index contributed by atoms with van der Waals surface area (Å²) in [6.07, 6.45) is 0.524. The summed E-state index contributed by atoms with van der Waals surface area (Å²) in [5.74, 6) is -0.171. The second-order valence-electron chi connectivity index (χ2n) is 3.04. The van der Waals surface area contributed by atoms with Gasteiger partial charge in [-0.3, -0.25) is 0 Å². The van der Waals surface area contributed by atoms with Crippen molar-refractivity contribution in [3.05, 3.63) is 0 Å². The summed E-state index contributed by atoms with van der Waals surface area (Å²) in [5.41, 5.74) is 5.33. The van der Waals surface area contributed by atoms with Gasteiger partial charge in [0.2, 0.25) is 0 Å². The van der Waals surface area contributed by atoms with Gasteiger partial charge in [0.05, 0.1) is 0 Å². The first kappa shape index (κ1) is 12.5. The van der Waals surface area contributed by atoms with Crippen molar-refractivity contribution in [1.29, 1.82) is 0 Å². The van der Waals surface area contributed by atoms with E-state index in [9.17, 15) is 12.9 Å². The molecule has 0 aromatic heterocycles. The molecule has 0 amide bonds. The van der Waals surface area contributed by atoms with Crippen LogP contribution in [0.1, 0.15) is 12.8 Å². The van der Waals surface area contributed by atoms with Crippen molar-refractivity contribution in [2.45, 2.75) is 25.2 Å². The summed E-state index contributed by atoms with van der Waals surface area (Å²) in [6.45, 7) is -4.57. The fourth-order valence-electron chi connectivity index (χ4n) is 1.36. The van der Waals surface area contributed by atoms with Gasteiger partial charge in [0, 0.05) is 6.04 Å². The second kappa shape index (κ2) is 4.62. The van der Waals surface area contributed by atoms with Gasteiger partial charge in [0.15, 0.2) is 0 Å². The minimum absolute atomic E-state index is 0. The average molecular weight is 191 g/mol. The fourth-order valence-corrected chi connectivity index (χ4v) is 1.36. The van der Waals surface area contributed by atoms with Crippen molar-refractivity contribution < 1.29 is 64.3 Å². The first-order valence-electron chi connectivity index (χ1n) is 3.44. The molecule has 0 aliphatic heterocycles. The molecule has 1 fully saturated rings. The fraction of sp³-hybridized carbons (Fsp3) is 1.00. The van der Waals surface area contributed by atoms with E-state index >= 15 is 0 Å². The first-order chi connectivity index (χ1) is 4.47. The van der Waals surface area contributed by atoms with Gasteiger partial charge in [-0.1, -0.05) is 12.2 Å². The number of rotatable bonds is 2. The second-order valence-corrected chi connectivity index (χ2v) is 3.04. The zero-order valence-electron chi connectivity index (χ0n) is 6.56. The zero-order valence-corrected chi connectivity index (χ0v) is 9.69. The summed E-state index contributed by atoms with van der Waals surface area (Å²) >= 11 is 0. The van der Waals surface area contributed by atoms with Gasteiger partial charge in [0.1, 0.15) is 0 Å². The van der Waals surface area contributed by atoms with Crippen LogP contribution in [0, 0.1) is 5.92 Å². The van der Waals surface area contributed by atoms with Crippen LogP contribution in [0.25, 0.3) is 0 Å². The molecule has 0 radical (unpaired) electrons. The maximum absolute atomic E-state index is 11.7. The van der Waals surface area contributed by atoms with E-state index in [1.165, 1.54) is 0 Å². The van der Waals surface area contributed by atoms with Crippen molar-refractivity contribution >= 4 is 6.98 Å². The molecule has 60 valence electrons. The first-order valence-corrected chi connectivity index (χ1v) is 3.44. The molecule has 0 unspecified atom stereocenters. The minimum atomic E-state index is -4.57. The number of halogens is 3. The number of hydrogen-bond donors (Lipinski definition) is 1. The van der Waals surface area contributed by atoms with Crippen molar-refractivity contribution in [2.75, 3.05) is 0 Å². The minimum Gasteiger partial charge on any atom is -0.449 e. The Morgan fingerprint density at radius 3 is 2.00 bits per heavy atom. The van der Waals surface area contributed by atoms with E-state index < -0.39 is 13.3 Å². The number of hydrogen-bond acceptors (Lipinski definition) is 1. The third-order valence-corrected chi connectivity index (χ3v) is 1.87. The summed E-state index contributed by atoms with van der Waals surface area (Å²) in [4.78, 5) is 0. The third kappa shape index (κ3) is 4.90. The summed E-state index contributed by atoms with van der Waals surface area (Å²) < 4.78 is 35.0. The van der Waals surface area contributed by atoms with Gasteiger partial charge in [-0.2, -0.15) is 0 Å². The Morgan fingerprint density at radius 1 is 1.27 bits per heavy atom. The van der Waals surface area contributed by atoms with Gasteiger partial charge in [-0.05, 0) is 12.8 Å². The Balaban J connectivity index is 0.000001000. The van der Waals surface area contributed by atoms with E-state index in [1.807, 2.05) is 0 Å². The van der Waals surface area contributed by atoms with Crippen molar-refractivity contribution in [3.8, 4) is 0 Å². The summed E-state index contributed by atoms with van der Waals surface area (Å²) in [6, 6.07) is 0.0307. The Kier molecular flexibility index (Phi) is 5.23. The van der Waals surface area contributed by atoms with Crippen LogP contribution in [0.15, 0.2) is 0 Å². The Bertz CT molecular complexity index is 123. The predicted molar refractivity (Wildman–Crippen MR) is 34.6 cm³/mol. The molecule has 1 rings (SSSR count). The van der Waals surface area contributed by atoms with Crippen LogP contribution in [0.3, 0.4) is 0 Å². The van der Waals surface area contributed by atoms with E-state index in [1.54, 1.807) is 0 Å². The molecular formula is C5H10BF3KN. The van der Waals surface area contributed by atoms with Gasteiger partial charge in [-0.25, -0.2) is 0 Å². The van der Waals surface area contributed by atoms with Crippen molar-refractivity contribution in [1.82, 2.24) is 0 Å². The molecule has 1 aliphatic carbocycles. The maximum atomic E-state index is 11.7. The van der Waals surface area contributed by atoms with E-state index in [2.05, 4.69) is 0 Å². The largest absolute Gasteiger partial charge is 1.00 e. The van der Waals surface area contributed by atoms with Crippen LogP contribution in [-0.2, 0) is 0 Å². The molecule has 6 heteroatoms.